The first kappa shape index (κ1) is 15.1. The number of nitrogens with one attached hydrogen (secondary N) is 2. The Hall–Kier alpha value is -2.32. The Bertz CT molecular complexity index is 712. The molecule has 0 unspecified atom stereocenters. The van der Waals surface area contributed by atoms with Crippen LogP contribution in [-0.4, -0.2) is 16.0 Å². The fraction of sp³-hybridized carbons (Fsp3) is 0.154. The Morgan fingerprint density at radius 2 is 2.14 bits per heavy atom. The molecule has 1 amide bonds. The second kappa shape index (κ2) is 6.42. The third kappa shape index (κ3) is 3.61. The molecule has 0 saturated carbocycles. The molecule has 0 saturated heterocycles. The van der Waals surface area contributed by atoms with Gasteiger partial charge in [0, 0.05) is 34.5 Å². The highest BCUT2D eigenvalue weighted by Crippen LogP contribution is 2.21. The summed E-state index contributed by atoms with van der Waals surface area (Å²) in [6, 6.07) is 5.14. The SMILES string of the molecule is C[n+]1ccc(SCc2cc(=O)c(O)c(C(=O)NN)[nH]2)cc1. The molecule has 0 aliphatic heterocycles. The van der Waals surface area contributed by atoms with Crippen molar-refractivity contribution in [2.75, 3.05) is 0 Å². The number of rotatable bonds is 4. The standard InChI is InChI=1S/C13H14N4O3S/c1-17-4-2-9(3-5-17)21-7-8-6-10(18)12(19)11(15-8)13(20)16-14/h2-6H,7H2,1H3,(H4-,14,15,16,18,19,20)/p+1. The highest BCUT2D eigenvalue weighted by Gasteiger charge is 2.15. The number of H-pyrrole nitrogens is 1. The van der Waals surface area contributed by atoms with E-state index < -0.39 is 17.1 Å². The van der Waals surface area contributed by atoms with Crippen molar-refractivity contribution in [2.24, 2.45) is 12.9 Å². The highest BCUT2D eigenvalue weighted by atomic mass is 32.2. The third-order valence-electron chi connectivity index (χ3n) is 2.76. The molecular weight excluding hydrogens is 292 g/mol. The molecule has 8 heteroatoms. The normalized spacial score (nSPS) is 10.4. The van der Waals surface area contributed by atoms with E-state index in [0.717, 1.165) is 4.90 Å². The van der Waals surface area contributed by atoms with Crippen LogP contribution in [0.3, 0.4) is 0 Å². The Labute approximate surface area is 124 Å². The maximum atomic E-state index is 11.6. The average Bonchev–Trinajstić information content (AvgIpc) is 2.49. The molecule has 110 valence electrons. The van der Waals surface area contributed by atoms with Crippen molar-refractivity contribution >= 4 is 17.7 Å². The van der Waals surface area contributed by atoms with E-state index in [9.17, 15) is 14.7 Å². The van der Waals surface area contributed by atoms with E-state index in [4.69, 9.17) is 5.84 Å². The molecule has 0 fully saturated rings. The van der Waals surface area contributed by atoms with Gasteiger partial charge in [-0.3, -0.25) is 15.0 Å². The summed E-state index contributed by atoms with van der Waals surface area (Å²) in [7, 11) is 1.92. The minimum absolute atomic E-state index is 0.236. The number of hydrogen-bond acceptors (Lipinski definition) is 5. The number of aryl methyl sites for hydroxylation is 1. The number of thioether (sulfide) groups is 1. The number of aromatic nitrogens is 2. The number of nitrogens with zero attached hydrogens (tertiary/aromatic N) is 1. The minimum atomic E-state index is -0.747. The van der Waals surface area contributed by atoms with Crippen LogP contribution in [0.1, 0.15) is 16.2 Å². The van der Waals surface area contributed by atoms with Gasteiger partial charge in [0.1, 0.15) is 7.05 Å². The van der Waals surface area contributed by atoms with E-state index in [1.54, 1.807) is 0 Å². The van der Waals surface area contributed by atoms with E-state index in [-0.39, 0.29) is 5.69 Å². The lowest BCUT2D eigenvalue weighted by Crippen LogP contribution is -2.32. The van der Waals surface area contributed by atoms with E-state index in [1.807, 2.05) is 41.6 Å². The van der Waals surface area contributed by atoms with Crippen LogP contribution < -0.4 is 21.3 Å². The van der Waals surface area contributed by atoms with Crippen LogP contribution in [-0.2, 0) is 12.8 Å². The first-order valence-electron chi connectivity index (χ1n) is 6.05. The predicted molar refractivity (Wildman–Crippen MR) is 77.6 cm³/mol. The maximum Gasteiger partial charge on any atom is 0.285 e. The molecule has 0 aliphatic rings. The van der Waals surface area contributed by atoms with Gasteiger partial charge in [-0.25, -0.2) is 10.4 Å². The summed E-state index contributed by atoms with van der Waals surface area (Å²) in [6.45, 7) is 0. The summed E-state index contributed by atoms with van der Waals surface area (Å²) in [5.74, 6) is 4.08. The van der Waals surface area contributed by atoms with Gasteiger partial charge in [-0.2, -0.15) is 0 Å². The molecule has 2 rings (SSSR count). The number of carbonyl (C=O) groups excluding carboxylic acids is 1. The van der Waals surface area contributed by atoms with Gasteiger partial charge in [0.15, 0.2) is 23.8 Å². The fourth-order valence-electron chi connectivity index (χ4n) is 1.66. The molecule has 0 bridgehead atoms. The van der Waals surface area contributed by atoms with Gasteiger partial charge in [-0.05, 0) is 0 Å². The van der Waals surface area contributed by atoms with Crippen LogP contribution in [0.4, 0.5) is 0 Å². The number of hydrazine groups is 1. The van der Waals surface area contributed by atoms with E-state index in [0.29, 0.717) is 11.4 Å². The van der Waals surface area contributed by atoms with Crippen molar-refractivity contribution in [3.8, 4) is 5.75 Å². The molecule has 0 spiro atoms. The molecule has 0 aromatic carbocycles. The predicted octanol–water partition coefficient (Wildman–Crippen LogP) is -0.199. The largest absolute Gasteiger partial charge is 0.503 e. The number of nitrogens with two attached hydrogens (primary N) is 1. The van der Waals surface area contributed by atoms with E-state index in [2.05, 4.69) is 4.98 Å². The van der Waals surface area contributed by atoms with Crippen molar-refractivity contribution in [1.29, 1.82) is 0 Å². The van der Waals surface area contributed by atoms with Gasteiger partial charge in [0.2, 0.25) is 5.43 Å². The Kier molecular flexibility index (Phi) is 4.61. The highest BCUT2D eigenvalue weighted by molar-refractivity contribution is 7.98. The number of nitrogen functional groups attached to an aromatic ring is 1. The Morgan fingerprint density at radius 3 is 2.76 bits per heavy atom. The van der Waals surface area contributed by atoms with Crippen LogP contribution in [0.25, 0.3) is 0 Å². The lowest BCUT2D eigenvalue weighted by atomic mass is 10.2. The second-order valence-electron chi connectivity index (χ2n) is 4.34. The second-order valence-corrected chi connectivity index (χ2v) is 5.39. The van der Waals surface area contributed by atoms with Gasteiger partial charge in [0.05, 0.1) is 0 Å². The van der Waals surface area contributed by atoms with Crippen molar-refractivity contribution in [2.45, 2.75) is 10.6 Å². The van der Waals surface area contributed by atoms with Crippen molar-refractivity contribution in [1.82, 2.24) is 10.4 Å². The first-order valence-corrected chi connectivity index (χ1v) is 7.04. The Balaban J connectivity index is 2.20. The van der Waals surface area contributed by atoms with Crippen LogP contribution in [0.2, 0.25) is 0 Å². The fourth-order valence-corrected chi connectivity index (χ4v) is 2.46. The van der Waals surface area contributed by atoms with Crippen molar-refractivity contribution in [3.05, 3.63) is 52.2 Å². The maximum absolute atomic E-state index is 11.6. The zero-order valence-electron chi connectivity index (χ0n) is 11.3. The first-order chi connectivity index (χ1) is 10.0. The minimum Gasteiger partial charge on any atom is -0.503 e. The van der Waals surface area contributed by atoms with Gasteiger partial charge in [-0.1, -0.05) is 0 Å². The molecule has 7 nitrogen and oxygen atoms in total. The number of hydrogen-bond donors (Lipinski definition) is 4. The van der Waals surface area contributed by atoms with Gasteiger partial charge >= 0.3 is 0 Å². The summed E-state index contributed by atoms with van der Waals surface area (Å²) in [6.07, 6.45) is 3.82. The monoisotopic (exact) mass is 307 g/mol. The lowest BCUT2D eigenvalue weighted by Gasteiger charge is -2.07. The van der Waals surface area contributed by atoms with Crippen LogP contribution in [0.15, 0.2) is 40.3 Å². The molecule has 2 aromatic rings. The number of carbonyl (C=O) groups is 1. The van der Waals surface area contributed by atoms with E-state index >= 15 is 0 Å². The zero-order chi connectivity index (χ0) is 15.4. The molecule has 2 aromatic heterocycles. The number of amides is 1. The zero-order valence-corrected chi connectivity index (χ0v) is 12.1. The van der Waals surface area contributed by atoms with E-state index in [1.165, 1.54) is 17.8 Å². The summed E-state index contributed by atoms with van der Waals surface area (Å²) >= 11 is 1.50. The van der Waals surface area contributed by atoms with Gasteiger partial charge < -0.3 is 10.1 Å². The van der Waals surface area contributed by atoms with Gasteiger partial charge in [-0.15, -0.1) is 11.8 Å². The van der Waals surface area contributed by atoms with Crippen LogP contribution in [0, 0.1) is 0 Å². The van der Waals surface area contributed by atoms with Crippen LogP contribution >= 0.6 is 11.8 Å². The van der Waals surface area contributed by atoms with Crippen molar-refractivity contribution < 1.29 is 14.5 Å². The molecule has 0 atom stereocenters. The smallest absolute Gasteiger partial charge is 0.285 e. The third-order valence-corrected chi connectivity index (χ3v) is 3.82. The molecular formula is C13H15N4O3S+. The number of pyridine rings is 2. The quantitative estimate of drug-likeness (QED) is 0.205. The van der Waals surface area contributed by atoms with Crippen molar-refractivity contribution in [3.63, 3.8) is 0 Å². The molecule has 2 heterocycles. The summed E-state index contributed by atoms with van der Waals surface area (Å²) in [5, 5.41) is 9.57. The Morgan fingerprint density at radius 1 is 1.48 bits per heavy atom. The van der Waals surface area contributed by atoms with Gasteiger partial charge in [0.25, 0.3) is 5.91 Å². The lowest BCUT2D eigenvalue weighted by molar-refractivity contribution is -0.671. The number of aromatic amines is 1. The molecule has 0 radical (unpaired) electrons. The molecule has 0 aliphatic carbocycles. The average molecular weight is 307 g/mol. The summed E-state index contributed by atoms with van der Waals surface area (Å²) in [5.41, 5.74) is 1.54. The van der Waals surface area contributed by atoms with Crippen LogP contribution in [0.5, 0.6) is 5.75 Å². The number of aromatic hydroxyl groups is 1. The topological polar surface area (TPSA) is 112 Å². The molecule has 21 heavy (non-hydrogen) atoms. The summed E-state index contributed by atoms with van der Waals surface area (Å²) < 4.78 is 1.91. The summed E-state index contributed by atoms with van der Waals surface area (Å²) in [4.78, 5) is 26.8. The molecule has 5 N–H and O–H groups in total.